The summed E-state index contributed by atoms with van der Waals surface area (Å²) in [6.45, 7) is 0. The van der Waals surface area contributed by atoms with Crippen LogP contribution in [-0.4, -0.2) is 18.4 Å². The molecule has 0 aliphatic carbocycles. The van der Waals surface area contributed by atoms with Crippen LogP contribution in [0.4, 0.5) is 0 Å². The highest BCUT2D eigenvalue weighted by molar-refractivity contribution is 6.35. The summed E-state index contributed by atoms with van der Waals surface area (Å²) in [4.78, 5) is 5.30. The molecule has 0 unspecified atom stereocenters. The Hall–Kier alpha value is -6.91. The van der Waals surface area contributed by atoms with Crippen molar-refractivity contribution in [2.24, 2.45) is 0 Å². The van der Waals surface area contributed by atoms with Crippen LogP contribution in [-0.2, 0) is 0 Å². The summed E-state index contributed by atoms with van der Waals surface area (Å²) in [5, 5.41) is 12.6. The van der Waals surface area contributed by atoms with Crippen LogP contribution in [0.15, 0.2) is 158 Å². The summed E-state index contributed by atoms with van der Waals surface area (Å²) in [5.74, 6) is 0. The Labute approximate surface area is 290 Å². The molecular formula is C47H26N4. The van der Waals surface area contributed by atoms with Gasteiger partial charge < -0.3 is 8.97 Å². The number of pyridine rings is 1. The lowest BCUT2D eigenvalue weighted by atomic mass is 9.99. The Morgan fingerprint density at radius 3 is 1.78 bits per heavy atom. The van der Waals surface area contributed by atoms with Crippen molar-refractivity contribution in [3.05, 3.63) is 158 Å². The molecule has 0 atom stereocenters. The summed E-state index contributed by atoms with van der Waals surface area (Å²) < 4.78 is 7.27. The van der Waals surface area contributed by atoms with E-state index < -0.39 is 0 Å². The third kappa shape index (κ3) is 3.02. The molecule has 0 amide bonds. The highest BCUT2D eigenvalue weighted by atomic mass is 15.0. The fourth-order valence-corrected chi connectivity index (χ4v) is 9.59. The van der Waals surface area contributed by atoms with Crippen molar-refractivity contribution in [2.75, 3.05) is 0 Å². The van der Waals surface area contributed by atoms with Gasteiger partial charge in [0.2, 0.25) is 0 Å². The molecule has 0 N–H and O–H groups in total. The first-order valence-corrected chi connectivity index (χ1v) is 17.6. The quantitative estimate of drug-likeness (QED) is 0.184. The number of benzene rings is 7. The molecule has 0 spiro atoms. The fraction of sp³-hybridized carbons (Fsp3) is 0. The normalized spacial score (nSPS) is 12.7. The van der Waals surface area contributed by atoms with E-state index in [0.717, 1.165) is 11.2 Å². The van der Waals surface area contributed by atoms with Gasteiger partial charge in [0.25, 0.3) is 0 Å². The minimum absolute atomic E-state index is 1.02. The second-order valence-corrected chi connectivity index (χ2v) is 13.9. The Morgan fingerprint density at radius 1 is 0.373 bits per heavy atom. The molecule has 0 aliphatic heterocycles. The molecular weight excluding hydrogens is 621 g/mol. The lowest BCUT2D eigenvalue weighted by Crippen LogP contribution is -1.93. The Kier molecular flexibility index (Phi) is 4.59. The van der Waals surface area contributed by atoms with Crippen molar-refractivity contribution in [3.63, 3.8) is 0 Å². The molecule has 0 bridgehead atoms. The summed E-state index contributed by atoms with van der Waals surface area (Å²) in [6.07, 6.45) is 2.12. The van der Waals surface area contributed by atoms with Gasteiger partial charge in [0.1, 0.15) is 5.65 Å². The van der Waals surface area contributed by atoms with Crippen LogP contribution in [0, 0.1) is 0 Å². The van der Waals surface area contributed by atoms with Crippen molar-refractivity contribution >= 4 is 98.1 Å². The molecule has 6 aromatic heterocycles. The maximum atomic E-state index is 5.30. The molecule has 51 heavy (non-hydrogen) atoms. The molecule has 0 aliphatic rings. The summed E-state index contributed by atoms with van der Waals surface area (Å²) in [6, 6.07) is 55.5. The topological polar surface area (TPSA) is 26.6 Å². The van der Waals surface area contributed by atoms with E-state index in [0.29, 0.717) is 0 Å². The fourth-order valence-electron chi connectivity index (χ4n) is 9.59. The van der Waals surface area contributed by atoms with Gasteiger partial charge in [-0.2, -0.15) is 0 Å². The van der Waals surface area contributed by atoms with Crippen molar-refractivity contribution in [1.29, 1.82) is 0 Å². The van der Waals surface area contributed by atoms with Crippen molar-refractivity contribution < 1.29 is 0 Å². The Morgan fingerprint density at radius 2 is 0.961 bits per heavy atom. The smallest absolute Gasteiger partial charge is 0.146 e. The van der Waals surface area contributed by atoms with Gasteiger partial charge in [0.05, 0.1) is 44.8 Å². The number of nitrogens with zero attached hydrogens (tertiary/aromatic N) is 4. The lowest BCUT2D eigenvalue weighted by Gasteiger charge is -2.09. The average molecular weight is 647 g/mol. The highest BCUT2D eigenvalue weighted by Gasteiger charge is 2.25. The van der Waals surface area contributed by atoms with E-state index in [1.807, 2.05) is 0 Å². The van der Waals surface area contributed by atoms with E-state index >= 15 is 0 Å². The molecule has 0 saturated carbocycles. The van der Waals surface area contributed by atoms with E-state index in [2.05, 4.69) is 171 Å². The highest BCUT2D eigenvalue weighted by Crippen LogP contribution is 2.47. The first kappa shape index (κ1) is 26.0. The molecule has 0 saturated heterocycles. The van der Waals surface area contributed by atoms with E-state index in [1.165, 1.54) is 104 Å². The zero-order valence-corrected chi connectivity index (χ0v) is 27.3. The molecule has 4 heteroatoms. The summed E-state index contributed by atoms with van der Waals surface area (Å²) in [7, 11) is 0. The Bertz CT molecular complexity index is 3580. The molecule has 4 nitrogen and oxygen atoms in total. The van der Waals surface area contributed by atoms with E-state index in [4.69, 9.17) is 4.98 Å². The van der Waals surface area contributed by atoms with E-state index in [9.17, 15) is 0 Å². The number of aromatic nitrogens is 4. The van der Waals surface area contributed by atoms with Crippen molar-refractivity contribution in [1.82, 2.24) is 18.4 Å². The second-order valence-electron chi connectivity index (χ2n) is 13.9. The molecule has 7 aromatic carbocycles. The van der Waals surface area contributed by atoms with Gasteiger partial charge >= 0.3 is 0 Å². The van der Waals surface area contributed by atoms with E-state index in [1.54, 1.807) is 0 Å². The zero-order chi connectivity index (χ0) is 32.9. The molecule has 13 aromatic rings. The van der Waals surface area contributed by atoms with Crippen molar-refractivity contribution in [2.45, 2.75) is 0 Å². The van der Waals surface area contributed by atoms with Crippen LogP contribution in [0.1, 0.15) is 0 Å². The third-order valence-corrected chi connectivity index (χ3v) is 11.5. The van der Waals surface area contributed by atoms with Crippen LogP contribution in [0.25, 0.3) is 115 Å². The second kappa shape index (κ2) is 9.00. The lowest BCUT2D eigenvalue weighted by molar-refractivity contribution is 1.18. The predicted octanol–water partition coefficient (Wildman–Crippen LogP) is 12.1. The zero-order valence-electron chi connectivity index (χ0n) is 27.3. The monoisotopic (exact) mass is 646 g/mol. The minimum Gasteiger partial charge on any atom is -0.309 e. The number of hydrogen-bond acceptors (Lipinski definition) is 1. The van der Waals surface area contributed by atoms with Crippen LogP contribution < -0.4 is 0 Å². The standard InChI is InChI=1S/C47H26N4/c1-2-11-28(12-3-1)49-38-21-6-5-14-31(38)37-25-27(23-24-40(37)49)29-15-8-17-33-34-18-10-19-35-42-41(50(44(29)33)45(34)35)26-48-47-43(42)36-20-9-16-32-30-13-4-7-22-39(30)51(47)46(32)36/h1-26H. The van der Waals surface area contributed by atoms with E-state index in [-0.39, 0.29) is 0 Å². The van der Waals surface area contributed by atoms with Gasteiger partial charge in [-0.3, -0.25) is 4.40 Å². The number of para-hydroxylation sites is 6. The minimum atomic E-state index is 1.02. The van der Waals surface area contributed by atoms with Gasteiger partial charge in [0.15, 0.2) is 0 Å². The van der Waals surface area contributed by atoms with Crippen molar-refractivity contribution in [3.8, 4) is 16.8 Å². The average Bonchev–Trinajstić information content (AvgIpc) is 3.98. The van der Waals surface area contributed by atoms with Gasteiger partial charge in [-0.05, 0) is 42.0 Å². The number of rotatable bonds is 2. The van der Waals surface area contributed by atoms with Crippen LogP contribution in [0.3, 0.4) is 0 Å². The van der Waals surface area contributed by atoms with Gasteiger partial charge in [0, 0.05) is 65.1 Å². The molecule has 0 fully saturated rings. The SMILES string of the molecule is c1ccc(-n2c3ccccc3c3cc(-c4cccc5c6cccc7c8c9c%10cccc%11c%12ccccc%12n(c9ncc8n(c45)c67)c%11%10)ccc32)cc1. The van der Waals surface area contributed by atoms with Gasteiger partial charge in [-0.1, -0.05) is 115 Å². The third-order valence-electron chi connectivity index (χ3n) is 11.5. The summed E-state index contributed by atoms with van der Waals surface area (Å²) >= 11 is 0. The molecule has 0 radical (unpaired) electrons. The number of fused-ring (bicyclic) bond motifs is 16. The first-order chi connectivity index (χ1) is 25.3. The first-order valence-electron chi connectivity index (χ1n) is 17.6. The maximum Gasteiger partial charge on any atom is 0.146 e. The maximum absolute atomic E-state index is 5.30. The van der Waals surface area contributed by atoms with Crippen LogP contribution >= 0.6 is 0 Å². The molecule has 6 heterocycles. The van der Waals surface area contributed by atoms with Gasteiger partial charge in [-0.15, -0.1) is 0 Å². The van der Waals surface area contributed by atoms with Gasteiger partial charge in [-0.25, -0.2) is 4.98 Å². The largest absolute Gasteiger partial charge is 0.309 e. The molecule has 234 valence electrons. The molecule has 13 rings (SSSR count). The van der Waals surface area contributed by atoms with Crippen LogP contribution in [0.2, 0.25) is 0 Å². The van der Waals surface area contributed by atoms with Crippen LogP contribution in [0.5, 0.6) is 0 Å². The summed E-state index contributed by atoms with van der Waals surface area (Å²) in [5.41, 5.74) is 13.2. The number of hydrogen-bond donors (Lipinski definition) is 0. The predicted molar refractivity (Wildman–Crippen MR) is 213 cm³/mol. The Balaban J connectivity index is 1.16.